The Morgan fingerprint density at radius 1 is 0.878 bits per heavy atom. The van der Waals surface area contributed by atoms with E-state index in [0.29, 0.717) is 49.5 Å². The van der Waals surface area contributed by atoms with E-state index < -0.39 is 28.1 Å². The summed E-state index contributed by atoms with van der Waals surface area (Å²) in [6.45, 7) is 3.20. The number of halogens is 4. The van der Waals surface area contributed by atoms with Crippen LogP contribution >= 0.6 is 0 Å². The Morgan fingerprint density at radius 2 is 1.46 bits per heavy atom. The van der Waals surface area contributed by atoms with E-state index in [9.17, 15) is 35.9 Å². The molecule has 14 heteroatoms. The van der Waals surface area contributed by atoms with Crippen molar-refractivity contribution in [1.82, 2.24) is 4.90 Å². The number of rotatable bonds is 8. The molecular weight excluding hydrogens is 570 g/mol. The molecule has 0 aromatic heterocycles. The lowest BCUT2D eigenvalue weighted by molar-refractivity contribution is -0.192. The number of anilines is 2. The number of carbonyl (C=O) groups is 2. The first kappa shape index (κ1) is 31.4. The summed E-state index contributed by atoms with van der Waals surface area (Å²) in [4.78, 5) is 25.0. The minimum atomic E-state index is -5.08. The summed E-state index contributed by atoms with van der Waals surface area (Å²) in [5.74, 6) is -4.44. The summed E-state index contributed by atoms with van der Waals surface area (Å²) in [6, 6.07) is 20.1. The Morgan fingerprint density at radius 3 is 2.02 bits per heavy atom. The molecule has 1 fully saturated rings. The lowest BCUT2D eigenvalue weighted by atomic mass is 10.1. The van der Waals surface area contributed by atoms with E-state index in [-0.39, 0.29) is 22.8 Å². The fraction of sp³-hybridized carbons (Fsp3) is 0.259. The molecule has 3 N–H and O–H groups in total. The molecular formula is C27H27F4N3O6S. The van der Waals surface area contributed by atoms with Gasteiger partial charge in [-0.1, -0.05) is 48.5 Å². The van der Waals surface area contributed by atoms with Crippen LogP contribution in [-0.4, -0.2) is 67.8 Å². The van der Waals surface area contributed by atoms with Gasteiger partial charge in [-0.15, -0.1) is 0 Å². The van der Waals surface area contributed by atoms with E-state index in [0.717, 1.165) is 0 Å². The Labute approximate surface area is 233 Å². The van der Waals surface area contributed by atoms with Crippen LogP contribution in [0, 0.1) is 5.82 Å². The first-order chi connectivity index (χ1) is 19.2. The molecule has 0 unspecified atom stereocenters. The number of nitrogens with zero attached hydrogens (tertiary/aromatic N) is 2. The monoisotopic (exact) mass is 597 g/mol. The molecule has 3 aromatic carbocycles. The maximum Gasteiger partial charge on any atom is 0.490 e. The maximum absolute atomic E-state index is 13.9. The Hall–Kier alpha value is -4.17. The van der Waals surface area contributed by atoms with Crippen LogP contribution in [0.3, 0.4) is 0 Å². The van der Waals surface area contributed by atoms with Gasteiger partial charge in [0.05, 0.1) is 17.0 Å². The average Bonchev–Trinajstić information content (AvgIpc) is 2.90. The van der Waals surface area contributed by atoms with Crippen molar-refractivity contribution >= 4 is 33.3 Å². The largest absolute Gasteiger partial charge is 0.490 e. The van der Waals surface area contributed by atoms with Crippen molar-refractivity contribution in [3.8, 4) is 0 Å². The molecule has 0 bridgehead atoms. The van der Waals surface area contributed by atoms with E-state index in [2.05, 4.69) is 9.62 Å². The topological polar surface area (TPSA) is 127 Å². The molecule has 0 aliphatic carbocycles. The summed E-state index contributed by atoms with van der Waals surface area (Å²) in [6.07, 6.45) is -5.08. The summed E-state index contributed by atoms with van der Waals surface area (Å²) < 4.78 is 73.3. The number of aliphatic carboxylic acids is 1. The van der Waals surface area contributed by atoms with E-state index in [1.165, 1.54) is 18.2 Å². The van der Waals surface area contributed by atoms with Gasteiger partial charge >= 0.3 is 18.1 Å². The number of carboxylic acids is 2. The smallest absolute Gasteiger partial charge is 0.478 e. The summed E-state index contributed by atoms with van der Waals surface area (Å²) in [5.41, 5.74) is 1.88. The number of hydrogen-bond donors (Lipinski definition) is 3. The standard InChI is InChI=1S/C25H26FN3O4S.C2HF3O2/c26-23-9-5-4-8-20(23)17-28-12-14-29(15-13-28)21-10-11-24(22(16-21)25(30)31)27-34(32,33)18-19-6-2-1-3-7-19;3-2(4,5)1(6)7/h1-11,16,27H,12-15,17-18H2,(H,30,31);(H,6,7). The molecule has 9 nitrogen and oxygen atoms in total. The lowest BCUT2D eigenvalue weighted by Gasteiger charge is -2.36. The predicted molar refractivity (Wildman–Crippen MR) is 144 cm³/mol. The van der Waals surface area contributed by atoms with Crippen LogP contribution in [-0.2, 0) is 27.1 Å². The quantitative estimate of drug-likeness (QED) is 0.326. The number of hydrogen-bond acceptors (Lipinski definition) is 6. The number of nitrogens with one attached hydrogen (secondary N) is 1. The van der Waals surface area contributed by atoms with Crippen molar-refractivity contribution in [2.24, 2.45) is 0 Å². The predicted octanol–water partition coefficient (Wildman–Crippen LogP) is 4.42. The van der Waals surface area contributed by atoms with Gasteiger partial charge in [0.25, 0.3) is 0 Å². The molecule has 220 valence electrons. The fourth-order valence-corrected chi connectivity index (χ4v) is 5.24. The van der Waals surface area contributed by atoms with Gasteiger partial charge in [0.1, 0.15) is 5.82 Å². The van der Waals surface area contributed by atoms with Crippen molar-refractivity contribution in [3.05, 3.63) is 95.3 Å². The maximum atomic E-state index is 13.9. The number of piperazine rings is 1. The molecule has 0 radical (unpaired) electrons. The molecule has 41 heavy (non-hydrogen) atoms. The van der Waals surface area contributed by atoms with Gasteiger partial charge < -0.3 is 15.1 Å². The zero-order valence-corrected chi connectivity index (χ0v) is 22.3. The van der Waals surface area contributed by atoms with Crippen LogP contribution in [0.15, 0.2) is 72.8 Å². The van der Waals surface area contributed by atoms with Crippen LogP contribution in [0.1, 0.15) is 21.5 Å². The SMILES string of the molecule is O=C(O)C(F)(F)F.O=C(O)c1cc(N2CCN(Cc3ccccc3F)CC2)ccc1NS(=O)(=O)Cc1ccccc1. The number of sulfonamides is 1. The minimum Gasteiger partial charge on any atom is -0.478 e. The Balaban J connectivity index is 0.000000587. The molecule has 1 aliphatic rings. The van der Waals surface area contributed by atoms with Crippen LogP contribution < -0.4 is 9.62 Å². The second kappa shape index (κ2) is 13.5. The second-order valence-electron chi connectivity index (χ2n) is 9.04. The van der Waals surface area contributed by atoms with Gasteiger partial charge in [0.2, 0.25) is 10.0 Å². The third-order valence-corrected chi connectivity index (χ3v) is 7.27. The third kappa shape index (κ3) is 9.46. The first-order valence-corrected chi connectivity index (χ1v) is 13.8. The molecule has 1 saturated heterocycles. The zero-order chi connectivity index (χ0) is 30.2. The van der Waals surface area contributed by atoms with Crippen molar-refractivity contribution in [2.75, 3.05) is 35.8 Å². The van der Waals surface area contributed by atoms with Gasteiger partial charge in [-0.2, -0.15) is 13.2 Å². The lowest BCUT2D eigenvalue weighted by Crippen LogP contribution is -2.46. The van der Waals surface area contributed by atoms with Crippen LogP contribution in [0.25, 0.3) is 0 Å². The van der Waals surface area contributed by atoms with Crippen LogP contribution in [0.5, 0.6) is 0 Å². The Kier molecular flexibility index (Phi) is 10.3. The van der Waals surface area contributed by atoms with Crippen molar-refractivity contribution in [2.45, 2.75) is 18.5 Å². The van der Waals surface area contributed by atoms with Gasteiger partial charge in [-0.25, -0.2) is 22.4 Å². The molecule has 4 rings (SSSR count). The second-order valence-corrected chi connectivity index (χ2v) is 10.8. The molecule has 1 heterocycles. The summed E-state index contributed by atoms with van der Waals surface area (Å²) in [5, 5.41) is 16.8. The molecule has 0 spiro atoms. The van der Waals surface area contributed by atoms with Crippen molar-refractivity contribution < 1.29 is 45.8 Å². The zero-order valence-electron chi connectivity index (χ0n) is 21.5. The van der Waals surface area contributed by atoms with E-state index in [4.69, 9.17) is 9.90 Å². The van der Waals surface area contributed by atoms with Crippen molar-refractivity contribution in [3.63, 3.8) is 0 Å². The highest BCUT2D eigenvalue weighted by atomic mass is 32.2. The van der Waals surface area contributed by atoms with Gasteiger partial charge in [-0.05, 0) is 29.8 Å². The molecule has 3 aromatic rings. The first-order valence-electron chi connectivity index (χ1n) is 12.2. The average molecular weight is 598 g/mol. The number of carboxylic acid groups (broad SMARTS) is 2. The highest BCUT2D eigenvalue weighted by Crippen LogP contribution is 2.26. The highest BCUT2D eigenvalue weighted by molar-refractivity contribution is 7.91. The third-order valence-electron chi connectivity index (χ3n) is 6.03. The summed E-state index contributed by atoms with van der Waals surface area (Å²) >= 11 is 0. The number of aromatic carboxylic acids is 1. The molecule has 0 atom stereocenters. The van der Waals surface area contributed by atoms with E-state index in [1.807, 2.05) is 11.0 Å². The van der Waals surface area contributed by atoms with Crippen LogP contribution in [0.2, 0.25) is 0 Å². The minimum absolute atomic E-state index is 0.0327. The number of benzene rings is 3. The van der Waals surface area contributed by atoms with Gasteiger partial charge in [0, 0.05) is 44.0 Å². The van der Waals surface area contributed by atoms with Gasteiger partial charge in [0.15, 0.2) is 0 Å². The molecule has 0 saturated carbocycles. The Bertz CT molecular complexity index is 1460. The molecule has 0 amide bonds. The van der Waals surface area contributed by atoms with Gasteiger partial charge in [-0.3, -0.25) is 9.62 Å². The fourth-order valence-electron chi connectivity index (χ4n) is 4.02. The summed E-state index contributed by atoms with van der Waals surface area (Å²) in [7, 11) is -3.79. The molecule has 1 aliphatic heterocycles. The normalized spacial score (nSPS) is 14.1. The van der Waals surface area contributed by atoms with E-state index in [1.54, 1.807) is 48.5 Å². The highest BCUT2D eigenvalue weighted by Gasteiger charge is 2.38. The van der Waals surface area contributed by atoms with Crippen molar-refractivity contribution in [1.29, 1.82) is 0 Å². The number of alkyl halides is 3. The van der Waals surface area contributed by atoms with E-state index >= 15 is 0 Å². The van der Waals surface area contributed by atoms with Crippen LogP contribution in [0.4, 0.5) is 28.9 Å².